The predicted octanol–water partition coefficient (Wildman–Crippen LogP) is 2.72. The Labute approximate surface area is 143 Å². The lowest BCUT2D eigenvalue weighted by molar-refractivity contribution is 0.0987. The van der Waals surface area contributed by atoms with Crippen molar-refractivity contribution in [3.05, 3.63) is 60.3 Å². The minimum atomic E-state index is 0.00666. The first-order chi connectivity index (χ1) is 11.7. The average Bonchev–Trinajstić information content (AvgIpc) is 3.15. The van der Waals surface area contributed by atoms with Crippen LogP contribution in [0.3, 0.4) is 0 Å². The van der Waals surface area contributed by atoms with Gasteiger partial charge in [0.05, 0.1) is 11.4 Å². The van der Waals surface area contributed by atoms with Crippen molar-refractivity contribution < 1.29 is 4.79 Å². The zero-order valence-electron chi connectivity index (χ0n) is 13.1. The quantitative estimate of drug-likeness (QED) is 0.719. The van der Waals surface area contributed by atoms with Gasteiger partial charge in [-0.2, -0.15) is 5.10 Å². The monoisotopic (exact) mass is 337 g/mol. The van der Waals surface area contributed by atoms with Gasteiger partial charge in [0.1, 0.15) is 17.7 Å². The number of nitrogens with zero attached hydrogens (tertiary/aromatic N) is 5. The van der Waals surface area contributed by atoms with Crippen LogP contribution in [0.5, 0.6) is 0 Å². The molecule has 0 radical (unpaired) electrons. The Kier molecular flexibility index (Phi) is 3.78. The summed E-state index contributed by atoms with van der Waals surface area (Å²) >= 11 is 1.69. The summed E-state index contributed by atoms with van der Waals surface area (Å²) in [6.07, 6.45) is 4.89. The number of thioether (sulfide) groups is 1. The topological polar surface area (TPSA) is 63.9 Å². The number of rotatable bonds is 2. The number of carbonyl (C=O) groups excluding carboxylic acids is 1. The van der Waals surface area contributed by atoms with Crippen LogP contribution < -0.4 is 4.90 Å². The van der Waals surface area contributed by atoms with Gasteiger partial charge in [-0.1, -0.05) is 0 Å². The Morgan fingerprint density at radius 3 is 3.00 bits per heavy atom. The van der Waals surface area contributed by atoms with Crippen LogP contribution in [0.2, 0.25) is 0 Å². The molecule has 0 unspecified atom stereocenters. The smallest absolute Gasteiger partial charge is 0.258 e. The molecule has 1 aliphatic heterocycles. The van der Waals surface area contributed by atoms with Crippen molar-refractivity contribution in [1.82, 2.24) is 19.7 Å². The summed E-state index contributed by atoms with van der Waals surface area (Å²) in [5.74, 6) is 0.860. The molecule has 4 rings (SSSR count). The first-order valence-electron chi connectivity index (χ1n) is 7.59. The van der Waals surface area contributed by atoms with E-state index in [1.165, 1.54) is 6.33 Å². The Morgan fingerprint density at radius 1 is 1.29 bits per heavy atom. The van der Waals surface area contributed by atoms with Gasteiger partial charge in [-0.05, 0) is 42.8 Å². The lowest BCUT2D eigenvalue weighted by atomic mass is 10.1. The number of carbonyl (C=O) groups is 1. The molecule has 0 spiro atoms. The van der Waals surface area contributed by atoms with Crippen LogP contribution in [0.4, 0.5) is 5.69 Å². The van der Waals surface area contributed by atoms with Crippen LogP contribution in [-0.4, -0.2) is 38.0 Å². The van der Waals surface area contributed by atoms with E-state index in [0.717, 1.165) is 27.7 Å². The third-order valence-electron chi connectivity index (χ3n) is 3.96. The highest BCUT2D eigenvalue weighted by atomic mass is 32.2. The van der Waals surface area contributed by atoms with E-state index in [1.807, 2.05) is 42.2 Å². The summed E-state index contributed by atoms with van der Waals surface area (Å²) in [5, 5.41) is 5.03. The van der Waals surface area contributed by atoms with E-state index in [1.54, 1.807) is 29.0 Å². The first kappa shape index (κ1) is 14.9. The van der Waals surface area contributed by atoms with Gasteiger partial charge in [-0.15, -0.1) is 11.8 Å². The van der Waals surface area contributed by atoms with Crippen molar-refractivity contribution >= 4 is 23.4 Å². The van der Waals surface area contributed by atoms with Crippen molar-refractivity contribution in [3.8, 4) is 5.69 Å². The molecule has 0 bridgehead atoms. The van der Waals surface area contributed by atoms with E-state index >= 15 is 0 Å². The molecular formula is C17H15N5OS. The molecule has 1 aliphatic rings. The molecular weight excluding hydrogens is 322 g/mol. The number of anilines is 1. The molecule has 24 heavy (non-hydrogen) atoms. The van der Waals surface area contributed by atoms with Gasteiger partial charge in [-0.25, -0.2) is 14.6 Å². The fraction of sp³-hybridized carbons (Fsp3) is 0.176. The third kappa shape index (κ3) is 2.56. The second-order valence-corrected chi connectivity index (χ2v) is 6.56. The van der Waals surface area contributed by atoms with Crippen LogP contribution in [-0.2, 0) is 0 Å². The highest BCUT2D eigenvalue weighted by molar-refractivity contribution is 7.99. The number of fused-ring (bicyclic) bond motifs is 1. The lowest BCUT2D eigenvalue weighted by Crippen LogP contribution is -2.36. The van der Waals surface area contributed by atoms with Crippen molar-refractivity contribution in [1.29, 1.82) is 0 Å². The second kappa shape index (κ2) is 6.09. The number of hydrogen-bond donors (Lipinski definition) is 0. The molecule has 1 amide bonds. The van der Waals surface area contributed by atoms with E-state index in [0.29, 0.717) is 12.1 Å². The van der Waals surface area contributed by atoms with E-state index in [9.17, 15) is 4.79 Å². The van der Waals surface area contributed by atoms with Crippen LogP contribution in [0.15, 0.2) is 54.2 Å². The van der Waals surface area contributed by atoms with Gasteiger partial charge >= 0.3 is 0 Å². The number of aryl methyl sites for hydroxylation is 1. The third-order valence-corrected chi connectivity index (χ3v) is 4.94. The maximum atomic E-state index is 13.0. The molecule has 0 saturated carbocycles. The molecule has 0 N–H and O–H groups in total. The maximum absolute atomic E-state index is 13.0. The van der Waals surface area contributed by atoms with E-state index in [-0.39, 0.29) is 5.91 Å². The Balaban J connectivity index is 1.68. The van der Waals surface area contributed by atoms with E-state index in [2.05, 4.69) is 15.1 Å². The normalized spacial score (nSPS) is 13.6. The molecule has 7 heteroatoms. The van der Waals surface area contributed by atoms with Crippen molar-refractivity contribution in [2.75, 3.05) is 17.2 Å². The fourth-order valence-corrected chi connectivity index (χ4v) is 3.71. The summed E-state index contributed by atoms with van der Waals surface area (Å²) in [4.78, 5) is 23.2. The molecule has 0 fully saturated rings. The lowest BCUT2D eigenvalue weighted by Gasteiger charge is -2.28. The zero-order chi connectivity index (χ0) is 16.5. The molecule has 0 saturated heterocycles. The largest absolute Gasteiger partial charge is 0.305 e. The molecule has 3 aromatic rings. The molecule has 0 aliphatic carbocycles. The molecule has 0 atom stereocenters. The molecule has 2 aromatic heterocycles. The van der Waals surface area contributed by atoms with Gasteiger partial charge in [0.25, 0.3) is 5.91 Å². The standard InChI is InChI=1S/C17H15N5OS/c1-12-9-13(22-11-18-10-20-22)4-5-14(12)17(23)21-7-8-24-16-15(21)3-2-6-19-16/h2-6,9-11H,7-8H2,1H3. The summed E-state index contributed by atoms with van der Waals surface area (Å²) in [6, 6.07) is 9.51. The number of amides is 1. The van der Waals surface area contributed by atoms with Crippen molar-refractivity contribution in [2.24, 2.45) is 0 Å². The maximum Gasteiger partial charge on any atom is 0.258 e. The Hall–Kier alpha value is -2.67. The minimum absolute atomic E-state index is 0.00666. The van der Waals surface area contributed by atoms with E-state index < -0.39 is 0 Å². The van der Waals surface area contributed by atoms with Gasteiger partial charge in [0.15, 0.2) is 0 Å². The zero-order valence-corrected chi connectivity index (χ0v) is 13.9. The first-order valence-corrected chi connectivity index (χ1v) is 8.58. The van der Waals surface area contributed by atoms with Crippen LogP contribution >= 0.6 is 11.8 Å². The minimum Gasteiger partial charge on any atom is -0.305 e. The fourth-order valence-electron chi connectivity index (χ4n) is 2.78. The molecule has 120 valence electrons. The highest BCUT2D eigenvalue weighted by Gasteiger charge is 2.25. The summed E-state index contributed by atoms with van der Waals surface area (Å²) in [5.41, 5.74) is 3.38. The van der Waals surface area contributed by atoms with Gasteiger partial charge in [-0.3, -0.25) is 4.79 Å². The summed E-state index contributed by atoms with van der Waals surface area (Å²) in [6.45, 7) is 2.63. The molecule has 6 nitrogen and oxygen atoms in total. The van der Waals surface area contributed by atoms with Gasteiger partial charge < -0.3 is 4.90 Å². The second-order valence-electron chi connectivity index (χ2n) is 5.47. The number of hydrogen-bond acceptors (Lipinski definition) is 5. The van der Waals surface area contributed by atoms with Gasteiger partial charge in [0, 0.05) is 24.1 Å². The van der Waals surface area contributed by atoms with Crippen molar-refractivity contribution in [3.63, 3.8) is 0 Å². The summed E-state index contributed by atoms with van der Waals surface area (Å²) in [7, 11) is 0. The molecule has 1 aromatic carbocycles. The molecule has 3 heterocycles. The van der Waals surface area contributed by atoms with Gasteiger partial charge in [0.2, 0.25) is 0 Å². The number of pyridine rings is 1. The number of aromatic nitrogens is 4. The number of benzene rings is 1. The van der Waals surface area contributed by atoms with Crippen molar-refractivity contribution in [2.45, 2.75) is 11.9 Å². The average molecular weight is 337 g/mol. The predicted molar refractivity (Wildman–Crippen MR) is 92.7 cm³/mol. The summed E-state index contributed by atoms with van der Waals surface area (Å²) < 4.78 is 1.68. The van der Waals surface area contributed by atoms with Crippen LogP contribution in [0.25, 0.3) is 5.69 Å². The Morgan fingerprint density at radius 2 is 2.21 bits per heavy atom. The van der Waals surface area contributed by atoms with E-state index in [4.69, 9.17) is 0 Å². The van der Waals surface area contributed by atoms with Crippen LogP contribution in [0.1, 0.15) is 15.9 Å². The Bertz CT molecular complexity index is 894. The highest BCUT2D eigenvalue weighted by Crippen LogP contribution is 2.33. The van der Waals surface area contributed by atoms with Crippen LogP contribution in [0, 0.1) is 6.92 Å². The SMILES string of the molecule is Cc1cc(-n2cncn2)ccc1C(=O)N1CCSc2ncccc21.